The Kier molecular flexibility index (Phi) is 5.20. The van der Waals surface area contributed by atoms with Crippen LogP contribution in [0.4, 0.5) is 13.2 Å². The van der Waals surface area contributed by atoms with E-state index in [0.29, 0.717) is 17.9 Å². The highest BCUT2D eigenvalue weighted by Gasteiger charge is 2.70. The molecule has 0 spiro atoms. The number of hydrogen-bond acceptors (Lipinski definition) is 2. The zero-order chi connectivity index (χ0) is 20.6. The Morgan fingerprint density at radius 3 is 2.39 bits per heavy atom. The van der Waals surface area contributed by atoms with E-state index in [1.54, 1.807) is 19.9 Å². The molecule has 2 aromatic carbocycles. The summed E-state index contributed by atoms with van der Waals surface area (Å²) < 4.78 is 44.3. The fourth-order valence-electron chi connectivity index (χ4n) is 3.74. The maximum Gasteiger partial charge on any atom is 0.426 e. The van der Waals surface area contributed by atoms with Crippen molar-refractivity contribution in [3.8, 4) is 17.6 Å². The predicted molar refractivity (Wildman–Crippen MR) is 102 cm³/mol. The van der Waals surface area contributed by atoms with Crippen LogP contribution in [0.15, 0.2) is 65.7 Å². The number of halogens is 4. The van der Waals surface area contributed by atoms with Crippen molar-refractivity contribution in [2.45, 2.75) is 26.4 Å². The highest BCUT2D eigenvalue weighted by Crippen LogP contribution is 2.71. The van der Waals surface area contributed by atoms with E-state index in [9.17, 15) is 18.4 Å². The van der Waals surface area contributed by atoms with Gasteiger partial charge >= 0.3 is 6.18 Å². The molecule has 0 bridgehead atoms. The lowest BCUT2D eigenvalue weighted by molar-refractivity contribution is -0.0848. The Balaban J connectivity index is 1.84. The third-order valence-corrected chi connectivity index (χ3v) is 5.86. The van der Waals surface area contributed by atoms with Crippen LogP contribution in [0, 0.1) is 28.1 Å². The van der Waals surface area contributed by atoms with E-state index in [0.717, 1.165) is 11.6 Å². The number of nitrogens with zero attached hydrogens (tertiary/aromatic N) is 1. The molecule has 146 valence electrons. The topological polar surface area (TPSA) is 33.0 Å². The van der Waals surface area contributed by atoms with Gasteiger partial charge in [0.05, 0.1) is 11.5 Å². The number of ether oxygens (including phenoxy) is 1. The lowest BCUT2D eigenvalue weighted by atomic mass is 9.90. The van der Waals surface area contributed by atoms with Crippen molar-refractivity contribution in [1.29, 1.82) is 5.26 Å². The minimum atomic E-state index is -4.61. The van der Waals surface area contributed by atoms with Crippen LogP contribution in [0.1, 0.15) is 19.4 Å². The number of allylic oxidation sites excluding steroid dienone is 2. The summed E-state index contributed by atoms with van der Waals surface area (Å²) in [5.74, 6) is 0.702. The number of benzene rings is 2. The molecule has 0 amide bonds. The van der Waals surface area contributed by atoms with Gasteiger partial charge in [0.25, 0.3) is 0 Å². The normalized spacial score (nSPS) is 23.8. The number of rotatable bonds is 5. The molecule has 0 radical (unpaired) electrons. The largest absolute Gasteiger partial charge is 0.457 e. The molecule has 0 heterocycles. The molecule has 1 aliphatic rings. The van der Waals surface area contributed by atoms with Crippen molar-refractivity contribution in [2.24, 2.45) is 16.7 Å². The van der Waals surface area contributed by atoms with Crippen molar-refractivity contribution in [3.05, 3.63) is 71.3 Å². The van der Waals surface area contributed by atoms with E-state index in [-0.39, 0.29) is 0 Å². The summed E-state index contributed by atoms with van der Waals surface area (Å²) in [5.41, 5.74) is -0.755. The number of para-hydroxylation sites is 1. The molecule has 2 aromatic rings. The SMILES string of the molecule is CC1(C)[C@H](/C=C(\Cl)C(F)(F)F)[C@@]1(C#N)Cc1cccc(Oc2ccccc2)c1. The number of hydrogen-bond donors (Lipinski definition) is 0. The van der Waals surface area contributed by atoms with Gasteiger partial charge < -0.3 is 4.74 Å². The van der Waals surface area contributed by atoms with Gasteiger partial charge in [-0.15, -0.1) is 0 Å². The van der Waals surface area contributed by atoms with Gasteiger partial charge in [-0.1, -0.05) is 61.9 Å². The van der Waals surface area contributed by atoms with Crippen LogP contribution in [-0.2, 0) is 6.42 Å². The first-order chi connectivity index (χ1) is 13.1. The van der Waals surface area contributed by atoms with E-state index in [2.05, 4.69) is 6.07 Å². The summed E-state index contributed by atoms with van der Waals surface area (Å²) in [5, 5.41) is 8.63. The van der Waals surface area contributed by atoms with Gasteiger partial charge in [0.15, 0.2) is 0 Å². The molecule has 2 nitrogen and oxygen atoms in total. The zero-order valence-corrected chi connectivity index (χ0v) is 16.2. The smallest absolute Gasteiger partial charge is 0.426 e. The maximum atomic E-state index is 12.8. The first-order valence-corrected chi connectivity index (χ1v) is 9.15. The quantitative estimate of drug-likeness (QED) is 0.543. The maximum absolute atomic E-state index is 12.8. The summed E-state index contributed by atoms with van der Waals surface area (Å²) >= 11 is 5.43. The van der Waals surface area contributed by atoms with Gasteiger partial charge in [0, 0.05) is 5.92 Å². The van der Waals surface area contributed by atoms with Crippen molar-refractivity contribution >= 4 is 11.6 Å². The second-order valence-electron chi connectivity index (χ2n) is 7.53. The van der Waals surface area contributed by atoms with Gasteiger partial charge in [0.1, 0.15) is 16.5 Å². The van der Waals surface area contributed by atoms with E-state index >= 15 is 0 Å². The molecule has 0 saturated heterocycles. The molecule has 2 atom stereocenters. The average Bonchev–Trinajstić information content (AvgIpc) is 3.09. The molecule has 1 saturated carbocycles. The molecule has 0 N–H and O–H groups in total. The summed E-state index contributed by atoms with van der Waals surface area (Å²) in [6, 6.07) is 18.8. The molecule has 1 fully saturated rings. The minimum absolute atomic E-state index is 0.311. The Bertz CT molecular complexity index is 931. The second-order valence-corrected chi connectivity index (χ2v) is 7.94. The van der Waals surface area contributed by atoms with E-state index in [1.807, 2.05) is 48.5 Å². The molecule has 0 aromatic heterocycles. The van der Waals surface area contributed by atoms with Crippen LogP contribution in [0.25, 0.3) is 0 Å². The van der Waals surface area contributed by atoms with E-state index in [4.69, 9.17) is 16.3 Å². The van der Waals surface area contributed by atoms with Crippen molar-refractivity contribution in [3.63, 3.8) is 0 Å². The van der Waals surface area contributed by atoms with Crippen LogP contribution in [0.5, 0.6) is 11.5 Å². The third-order valence-electron chi connectivity index (χ3n) is 5.52. The molecule has 3 rings (SSSR count). The summed E-state index contributed by atoms with van der Waals surface area (Å²) in [6.07, 6.45) is -3.31. The third kappa shape index (κ3) is 3.74. The molecule has 0 unspecified atom stereocenters. The minimum Gasteiger partial charge on any atom is -0.457 e. The zero-order valence-electron chi connectivity index (χ0n) is 15.4. The Morgan fingerprint density at radius 1 is 1.14 bits per heavy atom. The highest BCUT2D eigenvalue weighted by atomic mass is 35.5. The van der Waals surface area contributed by atoms with Gasteiger partial charge in [0.2, 0.25) is 0 Å². The van der Waals surface area contributed by atoms with Crippen molar-refractivity contribution in [1.82, 2.24) is 0 Å². The lowest BCUT2D eigenvalue weighted by Gasteiger charge is -2.13. The van der Waals surface area contributed by atoms with Crippen LogP contribution in [0.2, 0.25) is 0 Å². The molecular formula is C22H19ClF3NO. The first kappa shape index (κ1) is 20.3. The van der Waals surface area contributed by atoms with Crippen LogP contribution in [-0.4, -0.2) is 6.18 Å². The summed E-state index contributed by atoms with van der Waals surface area (Å²) in [7, 11) is 0. The van der Waals surface area contributed by atoms with Gasteiger partial charge in [-0.3, -0.25) is 0 Å². The van der Waals surface area contributed by atoms with Crippen LogP contribution >= 0.6 is 11.6 Å². The monoisotopic (exact) mass is 405 g/mol. The summed E-state index contributed by atoms with van der Waals surface area (Å²) in [6.45, 7) is 3.59. The Morgan fingerprint density at radius 2 is 1.79 bits per heavy atom. The Labute approximate surface area is 167 Å². The van der Waals surface area contributed by atoms with Gasteiger partial charge in [-0.05, 0) is 41.7 Å². The number of nitriles is 1. The number of alkyl halides is 3. The Hall–Kier alpha value is -2.45. The molecule has 1 aliphatic carbocycles. The van der Waals surface area contributed by atoms with E-state index < -0.39 is 28.0 Å². The van der Waals surface area contributed by atoms with E-state index in [1.165, 1.54) is 0 Å². The molecular weight excluding hydrogens is 387 g/mol. The van der Waals surface area contributed by atoms with Gasteiger partial charge in [-0.2, -0.15) is 18.4 Å². The van der Waals surface area contributed by atoms with Crippen molar-refractivity contribution < 1.29 is 17.9 Å². The molecule has 0 aliphatic heterocycles. The van der Waals surface area contributed by atoms with Crippen LogP contribution in [0.3, 0.4) is 0 Å². The fraction of sp³-hybridized carbons (Fsp3) is 0.318. The first-order valence-electron chi connectivity index (χ1n) is 8.78. The highest BCUT2D eigenvalue weighted by molar-refractivity contribution is 6.30. The average molecular weight is 406 g/mol. The molecule has 6 heteroatoms. The second kappa shape index (κ2) is 7.18. The fourth-order valence-corrected chi connectivity index (χ4v) is 3.87. The van der Waals surface area contributed by atoms with Crippen molar-refractivity contribution in [2.75, 3.05) is 0 Å². The predicted octanol–water partition coefficient (Wildman–Crippen LogP) is 6.87. The van der Waals surface area contributed by atoms with Gasteiger partial charge in [-0.25, -0.2) is 0 Å². The standard InChI is InChI=1S/C22H19ClF3NO/c1-20(2)18(12-19(23)22(24,25)26)21(20,14-27)13-15-7-6-10-17(11-15)28-16-8-4-3-5-9-16/h3-12,18H,13H2,1-2H3/b19-12-/t18-,21-/m0/s1. The van der Waals surface area contributed by atoms with Crippen LogP contribution < -0.4 is 4.74 Å². The summed E-state index contributed by atoms with van der Waals surface area (Å²) in [4.78, 5) is 0. The molecule has 28 heavy (non-hydrogen) atoms. The lowest BCUT2D eigenvalue weighted by Crippen LogP contribution is -2.11.